The number of halogens is 1. The molecule has 0 bridgehead atoms. The molecule has 3 rings (SSSR count). The summed E-state index contributed by atoms with van der Waals surface area (Å²) in [4.78, 5) is 25.7. The first kappa shape index (κ1) is 17.0. The summed E-state index contributed by atoms with van der Waals surface area (Å²) in [5, 5.41) is 9.16. The number of thioether (sulfide) groups is 1. The number of carbonyl (C=O) groups excluding carboxylic acids is 2. The number of hydrogen-bond donors (Lipinski definition) is 1. The van der Waals surface area contributed by atoms with E-state index < -0.39 is 17.0 Å². The van der Waals surface area contributed by atoms with Crippen molar-refractivity contribution in [3.8, 4) is 11.5 Å². The molecule has 0 spiro atoms. The van der Waals surface area contributed by atoms with Gasteiger partial charge in [0.1, 0.15) is 5.82 Å². The molecule has 1 aliphatic heterocycles. The van der Waals surface area contributed by atoms with E-state index in [1.54, 1.807) is 25.1 Å². The Morgan fingerprint density at radius 1 is 1.24 bits per heavy atom. The highest BCUT2D eigenvalue weighted by atomic mass is 32.2. The second-order valence-corrected chi connectivity index (χ2v) is 6.12. The van der Waals surface area contributed by atoms with Crippen LogP contribution in [-0.4, -0.2) is 22.9 Å². The number of para-hydroxylation sites is 1. The molecule has 2 amide bonds. The molecule has 2 aromatic rings. The summed E-state index contributed by atoms with van der Waals surface area (Å²) in [5.41, 5.74) is 0.509. The number of amides is 2. The van der Waals surface area contributed by atoms with Gasteiger partial charge >= 0.3 is 0 Å². The summed E-state index contributed by atoms with van der Waals surface area (Å²) in [6.45, 7) is 2.16. The van der Waals surface area contributed by atoms with Crippen molar-refractivity contribution in [3.05, 3.63) is 58.8 Å². The van der Waals surface area contributed by atoms with Crippen LogP contribution in [0.4, 0.5) is 14.9 Å². The first-order chi connectivity index (χ1) is 12.0. The van der Waals surface area contributed by atoms with Crippen molar-refractivity contribution >= 4 is 34.7 Å². The molecule has 0 unspecified atom stereocenters. The lowest BCUT2D eigenvalue weighted by Gasteiger charge is -2.12. The van der Waals surface area contributed by atoms with Crippen molar-refractivity contribution in [1.29, 1.82) is 0 Å². The number of rotatable bonds is 4. The number of imide groups is 1. The number of aromatic hydroxyl groups is 1. The van der Waals surface area contributed by atoms with E-state index in [0.29, 0.717) is 12.2 Å². The standard InChI is InChI=1S/C18H14FNO4S/c1-2-24-15-9-11(7-8-14(15)21)10-16-17(22)20(18(23)25-16)13-6-4-3-5-12(13)19/h3-10,21H,2H2,1H3/b16-10-. The van der Waals surface area contributed by atoms with Gasteiger partial charge in [0.2, 0.25) is 0 Å². The number of phenolic OH excluding ortho intramolecular Hbond substituents is 1. The number of carbonyl (C=O) groups is 2. The van der Waals surface area contributed by atoms with E-state index in [-0.39, 0.29) is 22.1 Å². The van der Waals surface area contributed by atoms with Gasteiger partial charge in [-0.1, -0.05) is 18.2 Å². The monoisotopic (exact) mass is 359 g/mol. The summed E-state index contributed by atoms with van der Waals surface area (Å²) in [6, 6.07) is 10.2. The normalized spacial score (nSPS) is 15.9. The number of nitrogens with zero attached hydrogens (tertiary/aromatic N) is 1. The molecule has 1 aliphatic rings. The third-order valence-corrected chi connectivity index (χ3v) is 4.34. The summed E-state index contributed by atoms with van der Waals surface area (Å²) in [5.74, 6) is -0.969. The van der Waals surface area contributed by atoms with Gasteiger partial charge < -0.3 is 9.84 Å². The van der Waals surface area contributed by atoms with Crippen LogP contribution in [0.2, 0.25) is 0 Å². The number of benzene rings is 2. The zero-order valence-electron chi connectivity index (χ0n) is 13.2. The van der Waals surface area contributed by atoms with Crippen LogP contribution in [0.5, 0.6) is 11.5 Å². The first-order valence-electron chi connectivity index (χ1n) is 7.49. The SMILES string of the molecule is CCOc1cc(/C=C2\SC(=O)N(c3ccccc3F)C2=O)ccc1O. The average molecular weight is 359 g/mol. The maximum Gasteiger partial charge on any atom is 0.298 e. The van der Waals surface area contributed by atoms with Crippen molar-refractivity contribution < 1.29 is 23.8 Å². The van der Waals surface area contributed by atoms with E-state index in [1.165, 1.54) is 30.3 Å². The van der Waals surface area contributed by atoms with Crippen LogP contribution in [0.25, 0.3) is 6.08 Å². The lowest BCUT2D eigenvalue weighted by molar-refractivity contribution is -0.113. The summed E-state index contributed by atoms with van der Waals surface area (Å²) in [6.07, 6.45) is 1.51. The Hall–Kier alpha value is -2.80. The van der Waals surface area contributed by atoms with Crippen LogP contribution in [0.15, 0.2) is 47.4 Å². The van der Waals surface area contributed by atoms with E-state index in [1.807, 2.05) is 0 Å². The molecule has 5 nitrogen and oxygen atoms in total. The summed E-state index contributed by atoms with van der Waals surface area (Å²) >= 11 is 0.732. The van der Waals surface area contributed by atoms with Crippen molar-refractivity contribution in [3.63, 3.8) is 0 Å². The van der Waals surface area contributed by atoms with Crippen LogP contribution in [-0.2, 0) is 4.79 Å². The van der Waals surface area contributed by atoms with Crippen LogP contribution < -0.4 is 9.64 Å². The largest absolute Gasteiger partial charge is 0.504 e. The van der Waals surface area contributed by atoms with Gasteiger partial charge in [0.15, 0.2) is 11.5 Å². The molecule has 0 radical (unpaired) electrons. The van der Waals surface area contributed by atoms with Crippen molar-refractivity contribution in [2.45, 2.75) is 6.92 Å². The van der Waals surface area contributed by atoms with E-state index in [4.69, 9.17) is 4.74 Å². The van der Waals surface area contributed by atoms with Gasteiger partial charge in [0, 0.05) is 0 Å². The second kappa shape index (κ2) is 6.98. The lowest BCUT2D eigenvalue weighted by atomic mass is 10.2. The molecule has 128 valence electrons. The highest BCUT2D eigenvalue weighted by molar-refractivity contribution is 8.19. The Morgan fingerprint density at radius 3 is 2.72 bits per heavy atom. The molecule has 1 heterocycles. The van der Waals surface area contributed by atoms with Gasteiger partial charge in [-0.25, -0.2) is 9.29 Å². The molecule has 0 aliphatic carbocycles. The topological polar surface area (TPSA) is 66.8 Å². The van der Waals surface area contributed by atoms with E-state index in [0.717, 1.165) is 16.7 Å². The molecule has 1 N–H and O–H groups in total. The first-order valence-corrected chi connectivity index (χ1v) is 8.31. The minimum absolute atomic E-state index is 0.0153. The minimum atomic E-state index is -0.644. The maximum absolute atomic E-state index is 13.9. The van der Waals surface area contributed by atoms with E-state index in [9.17, 15) is 19.1 Å². The molecule has 2 aromatic carbocycles. The Labute approximate surface area is 147 Å². The molecule has 1 fully saturated rings. The van der Waals surface area contributed by atoms with Crippen LogP contribution in [0, 0.1) is 5.82 Å². The fourth-order valence-corrected chi connectivity index (χ4v) is 3.19. The molecule has 0 saturated carbocycles. The molecule has 7 heteroatoms. The quantitative estimate of drug-likeness (QED) is 0.830. The van der Waals surface area contributed by atoms with E-state index in [2.05, 4.69) is 0 Å². The fraction of sp³-hybridized carbons (Fsp3) is 0.111. The molecule has 0 atom stereocenters. The fourth-order valence-electron chi connectivity index (χ4n) is 2.35. The smallest absolute Gasteiger partial charge is 0.298 e. The number of anilines is 1. The number of hydrogen-bond acceptors (Lipinski definition) is 5. The molecular weight excluding hydrogens is 345 g/mol. The Kier molecular flexibility index (Phi) is 4.76. The van der Waals surface area contributed by atoms with Gasteiger partial charge in [0.05, 0.1) is 17.2 Å². The number of ether oxygens (including phenoxy) is 1. The van der Waals surface area contributed by atoms with Crippen LogP contribution in [0.3, 0.4) is 0 Å². The summed E-state index contributed by atoms with van der Waals surface area (Å²) in [7, 11) is 0. The molecule has 1 saturated heterocycles. The molecular formula is C18H14FNO4S. The summed E-state index contributed by atoms with van der Waals surface area (Å²) < 4.78 is 19.2. The van der Waals surface area contributed by atoms with Crippen molar-refractivity contribution in [2.24, 2.45) is 0 Å². The average Bonchev–Trinajstić information content (AvgIpc) is 2.85. The minimum Gasteiger partial charge on any atom is -0.504 e. The van der Waals surface area contributed by atoms with Crippen molar-refractivity contribution in [1.82, 2.24) is 0 Å². The predicted molar refractivity (Wildman–Crippen MR) is 94.1 cm³/mol. The number of phenols is 1. The Bertz CT molecular complexity index is 881. The van der Waals surface area contributed by atoms with Gasteiger partial charge in [-0.2, -0.15) is 0 Å². The Balaban J connectivity index is 1.93. The van der Waals surface area contributed by atoms with Gasteiger partial charge in [-0.15, -0.1) is 0 Å². The third-order valence-electron chi connectivity index (χ3n) is 3.47. The second-order valence-electron chi connectivity index (χ2n) is 5.13. The van der Waals surface area contributed by atoms with Crippen LogP contribution >= 0.6 is 11.8 Å². The highest BCUT2D eigenvalue weighted by Gasteiger charge is 2.37. The molecule has 0 aromatic heterocycles. The molecule has 25 heavy (non-hydrogen) atoms. The van der Waals surface area contributed by atoms with Gasteiger partial charge in [-0.05, 0) is 54.6 Å². The lowest BCUT2D eigenvalue weighted by Crippen LogP contribution is -2.28. The Morgan fingerprint density at radius 2 is 2.00 bits per heavy atom. The van der Waals surface area contributed by atoms with Gasteiger partial charge in [-0.3, -0.25) is 9.59 Å². The third kappa shape index (κ3) is 3.36. The van der Waals surface area contributed by atoms with Crippen LogP contribution in [0.1, 0.15) is 12.5 Å². The maximum atomic E-state index is 13.9. The zero-order valence-corrected chi connectivity index (χ0v) is 14.0. The van der Waals surface area contributed by atoms with Crippen molar-refractivity contribution in [2.75, 3.05) is 11.5 Å². The zero-order chi connectivity index (χ0) is 18.0. The van der Waals surface area contributed by atoms with E-state index >= 15 is 0 Å². The predicted octanol–water partition coefficient (Wildman–Crippen LogP) is 4.17. The highest BCUT2D eigenvalue weighted by Crippen LogP contribution is 2.37. The van der Waals surface area contributed by atoms with Gasteiger partial charge in [0.25, 0.3) is 11.1 Å².